The van der Waals surface area contributed by atoms with Crippen molar-refractivity contribution >= 4 is 11.9 Å². The van der Waals surface area contributed by atoms with Gasteiger partial charge in [0, 0.05) is 38.5 Å². The maximum atomic E-state index is 12.5. The Hall–Kier alpha value is -1.69. The van der Waals surface area contributed by atoms with Gasteiger partial charge in [-0.25, -0.2) is 9.97 Å². The minimum atomic E-state index is -0.128. The summed E-state index contributed by atoms with van der Waals surface area (Å²) in [6.07, 6.45) is 5.64. The van der Waals surface area contributed by atoms with E-state index in [1.54, 1.807) is 0 Å². The van der Waals surface area contributed by atoms with Crippen molar-refractivity contribution in [2.75, 3.05) is 37.7 Å². The molecule has 0 unspecified atom stereocenters. The number of ether oxygens (including phenoxy) is 1. The molecule has 0 spiro atoms. The van der Waals surface area contributed by atoms with Gasteiger partial charge in [-0.2, -0.15) is 0 Å². The van der Waals surface area contributed by atoms with Crippen LogP contribution in [-0.4, -0.2) is 48.7 Å². The number of amides is 1. The largest absolute Gasteiger partial charge is 0.382 e. The Morgan fingerprint density at radius 3 is 2.60 bits per heavy atom. The van der Waals surface area contributed by atoms with Gasteiger partial charge in [-0.05, 0) is 38.2 Å². The highest BCUT2D eigenvalue weighted by Crippen LogP contribution is 2.20. The van der Waals surface area contributed by atoms with Crippen molar-refractivity contribution in [3.63, 3.8) is 0 Å². The average molecular weight is 348 g/mol. The van der Waals surface area contributed by atoms with Gasteiger partial charge >= 0.3 is 0 Å². The van der Waals surface area contributed by atoms with Crippen LogP contribution in [0.25, 0.3) is 0 Å². The lowest BCUT2D eigenvalue weighted by molar-refractivity contribution is 0.0939. The molecule has 0 radical (unpaired) electrons. The molecule has 1 aromatic rings. The summed E-state index contributed by atoms with van der Waals surface area (Å²) in [4.78, 5) is 24.0. The Bertz CT molecular complexity index is 540. The van der Waals surface area contributed by atoms with E-state index in [9.17, 15) is 4.79 Å². The topological polar surface area (TPSA) is 67.3 Å². The van der Waals surface area contributed by atoms with Crippen molar-refractivity contribution in [1.29, 1.82) is 0 Å². The molecule has 0 aliphatic carbocycles. The van der Waals surface area contributed by atoms with Gasteiger partial charge in [0.2, 0.25) is 5.95 Å². The maximum absolute atomic E-state index is 12.5. The molecule has 1 saturated heterocycles. The predicted molar refractivity (Wildman–Crippen MR) is 100 cm³/mol. The first-order valence-electron chi connectivity index (χ1n) is 9.61. The number of rotatable bonds is 8. The van der Waals surface area contributed by atoms with Crippen LogP contribution in [0.2, 0.25) is 0 Å². The molecule has 0 atom stereocenters. The van der Waals surface area contributed by atoms with Gasteiger partial charge in [0.1, 0.15) is 5.69 Å². The van der Waals surface area contributed by atoms with Crippen LogP contribution in [0.4, 0.5) is 5.95 Å². The fraction of sp³-hybridized carbons (Fsp3) is 0.737. The van der Waals surface area contributed by atoms with Crippen LogP contribution < -0.4 is 10.2 Å². The van der Waals surface area contributed by atoms with E-state index in [-0.39, 0.29) is 11.8 Å². The van der Waals surface area contributed by atoms with Crippen molar-refractivity contribution in [1.82, 2.24) is 15.3 Å². The Kier molecular flexibility index (Phi) is 8.12. The average Bonchev–Trinajstić information content (AvgIpc) is 2.90. The van der Waals surface area contributed by atoms with Gasteiger partial charge in [-0.3, -0.25) is 4.79 Å². The number of nitrogens with one attached hydrogen (secondary N) is 1. The molecule has 1 aliphatic heterocycles. The van der Waals surface area contributed by atoms with Gasteiger partial charge in [-0.1, -0.05) is 26.7 Å². The molecule has 2 heterocycles. The third-order valence-corrected chi connectivity index (χ3v) is 4.40. The first kappa shape index (κ1) is 19.6. The molecule has 0 saturated carbocycles. The zero-order chi connectivity index (χ0) is 18.1. The fourth-order valence-corrected chi connectivity index (χ4v) is 2.89. The van der Waals surface area contributed by atoms with E-state index < -0.39 is 0 Å². The van der Waals surface area contributed by atoms with E-state index in [0.717, 1.165) is 38.0 Å². The SMILES string of the molecule is CCOCCCNC(=O)c1cc(C(C)C)nc(N2CCCCCC2)n1. The molecule has 25 heavy (non-hydrogen) atoms. The lowest BCUT2D eigenvalue weighted by Crippen LogP contribution is -2.30. The number of nitrogens with zero attached hydrogens (tertiary/aromatic N) is 3. The van der Waals surface area contributed by atoms with Crippen LogP contribution in [0.15, 0.2) is 6.07 Å². The summed E-state index contributed by atoms with van der Waals surface area (Å²) in [7, 11) is 0. The number of carbonyl (C=O) groups is 1. The third kappa shape index (κ3) is 6.27. The molecule has 2 rings (SSSR count). The van der Waals surface area contributed by atoms with E-state index in [1.165, 1.54) is 12.8 Å². The number of carbonyl (C=O) groups excluding carboxylic acids is 1. The summed E-state index contributed by atoms with van der Waals surface area (Å²) in [5, 5.41) is 2.94. The molecule has 0 bridgehead atoms. The highest BCUT2D eigenvalue weighted by atomic mass is 16.5. The molecule has 6 nitrogen and oxygen atoms in total. The smallest absolute Gasteiger partial charge is 0.270 e. The fourth-order valence-electron chi connectivity index (χ4n) is 2.89. The van der Waals surface area contributed by atoms with Gasteiger partial charge in [-0.15, -0.1) is 0 Å². The molecule has 0 aromatic carbocycles. The van der Waals surface area contributed by atoms with Gasteiger partial charge < -0.3 is 15.0 Å². The maximum Gasteiger partial charge on any atom is 0.270 e. The van der Waals surface area contributed by atoms with Gasteiger partial charge in [0.15, 0.2) is 0 Å². The van der Waals surface area contributed by atoms with Crippen LogP contribution in [0.5, 0.6) is 0 Å². The summed E-state index contributed by atoms with van der Waals surface area (Å²) >= 11 is 0. The molecular formula is C19H32N4O2. The van der Waals surface area contributed by atoms with Crippen molar-refractivity contribution in [3.8, 4) is 0 Å². The first-order chi connectivity index (χ1) is 12.1. The summed E-state index contributed by atoms with van der Waals surface area (Å²) in [5.41, 5.74) is 1.39. The van der Waals surface area contributed by atoms with E-state index in [1.807, 2.05) is 13.0 Å². The van der Waals surface area contributed by atoms with Crippen LogP contribution in [0.3, 0.4) is 0 Å². The number of hydrogen-bond acceptors (Lipinski definition) is 5. The molecule has 1 amide bonds. The standard InChI is InChI=1S/C19H32N4O2/c1-4-25-13-9-10-20-18(24)17-14-16(15(2)3)21-19(22-17)23-11-7-5-6-8-12-23/h14-15H,4-13H2,1-3H3,(H,20,24). The third-order valence-electron chi connectivity index (χ3n) is 4.40. The summed E-state index contributed by atoms with van der Waals surface area (Å²) in [6.45, 7) is 10.1. The quantitative estimate of drug-likeness (QED) is 0.731. The van der Waals surface area contributed by atoms with E-state index in [0.29, 0.717) is 31.4 Å². The number of anilines is 1. The highest BCUT2D eigenvalue weighted by Gasteiger charge is 2.18. The molecule has 6 heteroatoms. The zero-order valence-corrected chi connectivity index (χ0v) is 15.9. The minimum Gasteiger partial charge on any atom is -0.382 e. The normalized spacial score (nSPS) is 15.3. The van der Waals surface area contributed by atoms with Crippen molar-refractivity contribution < 1.29 is 9.53 Å². The Labute approximate surface area is 151 Å². The molecule has 1 N–H and O–H groups in total. The van der Waals surface area contributed by atoms with Gasteiger partial charge in [0.25, 0.3) is 5.91 Å². The van der Waals surface area contributed by atoms with Crippen molar-refractivity contribution in [3.05, 3.63) is 17.5 Å². The van der Waals surface area contributed by atoms with E-state index in [2.05, 4.69) is 29.0 Å². The lowest BCUT2D eigenvalue weighted by Gasteiger charge is -2.22. The number of aromatic nitrogens is 2. The monoisotopic (exact) mass is 348 g/mol. The molecule has 140 valence electrons. The van der Waals surface area contributed by atoms with Crippen LogP contribution >= 0.6 is 0 Å². The van der Waals surface area contributed by atoms with Crippen LogP contribution in [0.1, 0.15) is 75.0 Å². The van der Waals surface area contributed by atoms with Gasteiger partial charge in [0.05, 0.1) is 0 Å². The second-order valence-corrected chi connectivity index (χ2v) is 6.84. The summed E-state index contributed by atoms with van der Waals surface area (Å²) in [6, 6.07) is 1.82. The number of hydrogen-bond donors (Lipinski definition) is 1. The Morgan fingerprint density at radius 1 is 1.24 bits per heavy atom. The second kappa shape index (κ2) is 10.3. The van der Waals surface area contributed by atoms with E-state index >= 15 is 0 Å². The van der Waals surface area contributed by atoms with Crippen molar-refractivity contribution in [2.24, 2.45) is 0 Å². The summed E-state index contributed by atoms with van der Waals surface area (Å²) < 4.78 is 5.30. The van der Waals surface area contributed by atoms with Crippen LogP contribution in [0, 0.1) is 0 Å². The van der Waals surface area contributed by atoms with Crippen molar-refractivity contribution in [2.45, 2.75) is 58.8 Å². The lowest BCUT2D eigenvalue weighted by atomic mass is 10.1. The first-order valence-corrected chi connectivity index (χ1v) is 9.61. The summed E-state index contributed by atoms with van der Waals surface area (Å²) in [5.74, 6) is 0.836. The second-order valence-electron chi connectivity index (χ2n) is 6.84. The molecule has 1 aromatic heterocycles. The Morgan fingerprint density at radius 2 is 1.96 bits per heavy atom. The van der Waals surface area contributed by atoms with E-state index in [4.69, 9.17) is 9.72 Å². The molecular weight excluding hydrogens is 316 g/mol. The predicted octanol–water partition coefficient (Wildman–Crippen LogP) is 3.14. The van der Waals surface area contributed by atoms with Crippen LogP contribution in [-0.2, 0) is 4.74 Å². The molecule has 1 fully saturated rings. The zero-order valence-electron chi connectivity index (χ0n) is 15.9. The highest BCUT2D eigenvalue weighted by molar-refractivity contribution is 5.92. The minimum absolute atomic E-state index is 0.128. The molecule has 1 aliphatic rings. The Balaban J connectivity index is 2.09.